The number of rotatable bonds is 6. The molecule has 1 N–H and O–H groups in total. The van der Waals surface area contributed by atoms with E-state index >= 15 is 0 Å². The van der Waals surface area contributed by atoms with Gasteiger partial charge in [0, 0.05) is 54.4 Å². The van der Waals surface area contributed by atoms with Gasteiger partial charge in [-0.2, -0.15) is 0 Å². The number of aliphatic hydroxyl groups excluding tert-OH is 1. The highest BCUT2D eigenvalue weighted by molar-refractivity contribution is 6.35. The minimum Gasteiger partial charge on any atom is -0.396 e. The van der Waals surface area contributed by atoms with Gasteiger partial charge in [-0.3, -0.25) is 9.69 Å². The molecular formula is C23H28Cl2N2O2. The first-order chi connectivity index (χ1) is 13.9. The smallest absolute Gasteiger partial charge is 0.254 e. The first-order valence-corrected chi connectivity index (χ1v) is 10.8. The fourth-order valence-corrected chi connectivity index (χ4v) is 4.43. The second-order valence-electron chi connectivity index (χ2n) is 7.81. The molecule has 1 amide bonds. The summed E-state index contributed by atoms with van der Waals surface area (Å²) >= 11 is 12.2. The molecule has 0 aromatic heterocycles. The summed E-state index contributed by atoms with van der Waals surface area (Å²) in [6, 6.07) is 11.5. The Labute approximate surface area is 183 Å². The third kappa shape index (κ3) is 5.73. The number of piperazine rings is 1. The van der Waals surface area contributed by atoms with Crippen molar-refractivity contribution in [1.82, 2.24) is 9.80 Å². The zero-order chi connectivity index (χ0) is 21.0. The van der Waals surface area contributed by atoms with Crippen LogP contribution < -0.4 is 0 Å². The summed E-state index contributed by atoms with van der Waals surface area (Å²) in [5.74, 6) is -0.0370. The van der Waals surface area contributed by atoms with E-state index in [4.69, 9.17) is 23.2 Å². The van der Waals surface area contributed by atoms with Gasteiger partial charge >= 0.3 is 0 Å². The van der Waals surface area contributed by atoms with Crippen molar-refractivity contribution in [1.29, 1.82) is 0 Å². The Hall–Kier alpha value is -1.59. The lowest BCUT2D eigenvalue weighted by atomic mass is 9.98. The molecule has 1 saturated heterocycles. The van der Waals surface area contributed by atoms with E-state index in [2.05, 4.69) is 36.9 Å². The molecule has 156 valence electrons. The fourth-order valence-electron chi connectivity index (χ4n) is 3.90. The molecule has 1 heterocycles. The number of aliphatic hydroxyl groups is 1. The van der Waals surface area contributed by atoms with Crippen LogP contribution in [-0.4, -0.2) is 59.6 Å². The Morgan fingerprint density at radius 2 is 1.79 bits per heavy atom. The molecule has 4 nitrogen and oxygen atoms in total. The number of aryl methyl sites for hydroxylation is 2. The Kier molecular flexibility index (Phi) is 7.58. The first-order valence-electron chi connectivity index (χ1n) is 10.0. The second-order valence-corrected chi connectivity index (χ2v) is 8.68. The van der Waals surface area contributed by atoms with Gasteiger partial charge in [0.05, 0.1) is 0 Å². The van der Waals surface area contributed by atoms with Crippen LogP contribution in [0.15, 0.2) is 36.4 Å². The van der Waals surface area contributed by atoms with Gasteiger partial charge in [0.1, 0.15) is 0 Å². The standard InChI is InChI=1S/C23H28Cl2N2O2/c1-16-4-5-18(10-17(16)2)11-22-15-26(6-3-9-28)7-8-27(22)23(29)19-12-20(24)14-21(25)13-19/h4-5,10,12-14,22,28H,3,6-9,11,15H2,1-2H3/t22-/m1/s1. The van der Waals surface area contributed by atoms with Crippen LogP contribution >= 0.6 is 23.2 Å². The van der Waals surface area contributed by atoms with Crippen LogP contribution in [0.3, 0.4) is 0 Å². The van der Waals surface area contributed by atoms with E-state index in [1.165, 1.54) is 16.7 Å². The van der Waals surface area contributed by atoms with E-state index in [1.54, 1.807) is 18.2 Å². The summed E-state index contributed by atoms with van der Waals surface area (Å²) in [5.41, 5.74) is 4.28. The summed E-state index contributed by atoms with van der Waals surface area (Å²) in [6.07, 6.45) is 1.53. The molecule has 3 rings (SSSR count). The predicted molar refractivity (Wildman–Crippen MR) is 119 cm³/mol. The van der Waals surface area contributed by atoms with Crippen molar-refractivity contribution in [3.8, 4) is 0 Å². The van der Waals surface area contributed by atoms with Gasteiger partial charge in [0.15, 0.2) is 0 Å². The number of carbonyl (C=O) groups excluding carboxylic acids is 1. The molecule has 29 heavy (non-hydrogen) atoms. The van der Waals surface area contributed by atoms with E-state index in [1.807, 2.05) is 4.90 Å². The van der Waals surface area contributed by atoms with E-state index in [0.717, 1.165) is 32.5 Å². The summed E-state index contributed by atoms with van der Waals surface area (Å²) in [6.45, 7) is 7.46. The molecule has 0 aliphatic carbocycles. The zero-order valence-corrected chi connectivity index (χ0v) is 18.5. The topological polar surface area (TPSA) is 43.8 Å². The lowest BCUT2D eigenvalue weighted by molar-refractivity contribution is 0.0442. The third-order valence-electron chi connectivity index (χ3n) is 5.61. The molecule has 0 radical (unpaired) electrons. The Morgan fingerprint density at radius 1 is 1.07 bits per heavy atom. The van der Waals surface area contributed by atoms with Crippen molar-refractivity contribution in [3.63, 3.8) is 0 Å². The minimum atomic E-state index is -0.0370. The van der Waals surface area contributed by atoms with Crippen LogP contribution in [0.1, 0.15) is 33.5 Å². The van der Waals surface area contributed by atoms with E-state index in [9.17, 15) is 9.90 Å². The first kappa shape index (κ1) is 22.1. The maximum atomic E-state index is 13.3. The molecule has 2 aromatic carbocycles. The third-order valence-corrected chi connectivity index (χ3v) is 6.05. The van der Waals surface area contributed by atoms with Crippen LogP contribution in [0.4, 0.5) is 0 Å². The molecule has 0 bridgehead atoms. The van der Waals surface area contributed by atoms with Crippen LogP contribution in [0.25, 0.3) is 0 Å². The number of nitrogens with zero attached hydrogens (tertiary/aromatic N) is 2. The van der Waals surface area contributed by atoms with Crippen LogP contribution in [0, 0.1) is 13.8 Å². The predicted octanol–water partition coefficient (Wildman–Crippen LogP) is 4.36. The maximum Gasteiger partial charge on any atom is 0.254 e. The zero-order valence-electron chi connectivity index (χ0n) is 17.0. The Bertz CT molecular complexity index is 852. The number of carbonyl (C=O) groups is 1. The fraction of sp³-hybridized carbons (Fsp3) is 0.435. The maximum absolute atomic E-state index is 13.3. The van der Waals surface area contributed by atoms with Crippen molar-refractivity contribution < 1.29 is 9.90 Å². The Morgan fingerprint density at radius 3 is 2.45 bits per heavy atom. The van der Waals surface area contributed by atoms with Gasteiger partial charge in [-0.15, -0.1) is 0 Å². The molecule has 1 aliphatic heterocycles. The monoisotopic (exact) mass is 434 g/mol. The number of halogens is 2. The number of hydrogen-bond donors (Lipinski definition) is 1. The molecule has 1 aliphatic rings. The molecular weight excluding hydrogens is 407 g/mol. The minimum absolute atomic E-state index is 0.0370. The van der Waals surface area contributed by atoms with Gasteiger partial charge in [0.25, 0.3) is 5.91 Å². The second kappa shape index (κ2) is 9.94. The van der Waals surface area contributed by atoms with Crippen molar-refractivity contribution >= 4 is 29.1 Å². The molecule has 1 fully saturated rings. The van der Waals surface area contributed by atoms with Crippen LogP contribution in [0.2, 0.25) is 10.0 Å². The molecule has 0 spiro atoms. The quantitative estimate of drug-likeness (QED) is 0.733. The SMILES string of the molecule is Cc1ccc(C[C@@H]2CN(CCCO)CCN2C(=O)c2cc(Cl)cc(Cl)c2)cc1C. The van der Waals surface area contributed by atoms with Gasteiger partial charge in [-0.1, -0.05) is 41.4 Å². The lowest BCUT2D eigenvalue weighted by Gasteiger charge is -2.42. The molecule has 0 saturated carbocycles. The lowest BCUT2D eigenvalue weighted by Crippen LogP contribution is -2.56. The average Bonchev–Trinajstić information content (AvgIpc) is 2.68. The van der Waals surface area contributed by atoms with E-state index in [0.29, 0.717) is 22.2 Å². The number of amides is 1. The van der Waals surface area contributed by atoms with E-state index in [-0.39, 0.29) is 18.6 Å². The van der Waals surface area contributed by atoms with Gasteiger partial charge < -0.3 is 10.0 Å². The number of benzene rings is 2. The van der Waals surface area contributed by atoms with Crippen molar-refractivity contribution in [2.24, 2.45) is 0 Å². The molecule has 2 aromatic rings. The van der Waals surface area contributed by atoms with E-state index < -0.39 is 0 Å². The Balaban J connectivity index is 1.84. The molecule has 0 unspecified atom stereocenters. The highest BCUT2D eigenvalue weighted by Gasteiger charge is 2.31. The molecule has 1 atom stereocenters. The average molecular weight is 435 g/mol. The number of hydrogen-bond acceptors (Lipinski definition) is 3. The van der Waals surface area contributed by atoms with Gasteiger partial charge in [-0.05, 0) is 61.6 Å². The normalized spacial score (nSPS) is 17.6. The van der Waals surface area contributed by atoms with Gasteiger partial charge in [-0.25, -0.2) is 0 Å². The largest absolute Gasteiger partial charge is 0.396 e. The summed E-state index contributed by atoms with van der Waals surface area (Å²) in [5, 5.41) is 10.1. The van der Waals surface area contributed by atoms with Crippen molar-refractivity contribution in [2.75, 3.05) is 32.8 Å². The van der Waals surface area contributed by atoms with Crippen LogP contribution in [-0.2, 0) is 6.42 Å². The highest BCUT2D eigenvalue weighted by Crippen LogP contribution is 2.24. The summed E-state index contributed by atoms with van der Waals surface area (Å²) in [4.78, 5) is 17.6. The van der Waals surface area contributed by atoms with Crippen molar-refractivity contribution in [3.05, 3.63) is 68.7 Å². The van der Waals surface area contributed by atoms with Gasteiger partial charge in [0.2, 0.25) is 0 Å². The summed E-state index contributed by atoms with van der Waals surface area (Å²) < 4.78 is 0. The summed E-state index contributed by atoms with van der Waals surface area (Å²) in [7, 11) is 0. The van der Waals surface area contributed by atoms with Crippen molar-refractivity contribution in [2.45, 2.75) is 32.7 Å². The highest BCUT2D eigenvalue weighted by atomic mass is 35.5. The van der Waals surface area contributed by atoms with Crippen LogP contribution in [0.5, 0.6) is 0 Å². The molecule has 6 heteroatoms.